The van der Waals surface area contributed by atoms with Crippen molar-refractivity contribution in [3.8, 4) is 0 Å². The molecule has 0 radical (unpaired) electrons. The van der Waals surface area contributed by atoms with Crippen LogP contribution in [0.15, 0.2) is 18.2 Å². The molecule has 0 saturated carbocycles. The molecular weight excluding hydrogens is 156 g/mol. The van der Waals surface area contributed by atoms with Crippen molar-refractivity contribution in [1.82, 2.24) is 4.98 Å². The van der Waals surface area contributed by atoms with Crippen molar-refractivity contribution in [3.05, 3.63) is 29.5 Å². The lowest BCUT2D eigenvalue weighted by molar-refractivity contribution is -0.507. The number of aromatic amines is 1. The van der Waals surface area contributed by atoms with Gasteiger partial charge < -0.3 is 0 Å². The van der Waals surface area contributed by atoms with Gasteiger partial charge in [-0.15, -0.1) is 0 Å². The summed E-state index contributed by atoms with van der Waals surface area (Å²) in [4.78, 5) is 4.43. The molecule has 2 heterocycles. The molecule has 0 saturated heterocycles. The summed E-state index contributed by atoms with van der Waals surface area (Å²) in [5, 5.41) is 2.05. The maximum atomic E-state index is 3.76. The van der Waals surface area contributed by atoms with Gasteiger partial charge in [-0.2, -0.15) is 4.40 Å². The van der Waals surface area contributed by atoms with Crippen LogP contribution < -0.4 is 4.40 Å². The summed E-state index contributed by atoms with van der Waals surface area (Å²) in [6.45, 7) is 5.81. The zero-order valence-electron chi connectivity index (χ0n) is 6.29. The Morgan fingerprint density at radius 3 is 3.27 bits per heavy atom. The normalized spacial score (nSPS) is 10.6. The molecule has 3 heteroatoms. The highest BCUT2D eigenvalue weighted by molar-refractivity contribution is 7.14. The Morgan fingerprint density at radius 2 is 2.55 bits per heavy atom. The summed E-state index contributed by atoms with van der Waals surface area (Å²) in [5.74, 6) is 0. The first-order valence-electron chi connectivity index (χ1n) is 3.43. The van der Waals surface area contributed by atoms with Gasteiger partial charge >= 0.3 is 4.96 Å². The van der Waals surface area contributed by atoms with Gasteiger partial charge in [0, 0.05) is 12.3 Å². The number of thiazole rings is 1. The minimum atomic E-state index is 1.15. The molecule has 2 aromatic heterocycles. The largest absolute Gasteiger partial charge is 0.344 e. The second kappa shape index (κ2) is 2.20. The third kappa shape index (κ3) is 0.811. The van der Waals surface area contributed by atoms with Crippen LogP contribution in [-0.4, -0.2) is 4.98 Å². The van der Waals surface area contributed by atoms with E-state index in [-0.39, 0.29) is 0 Å². The van der Waals surface area contributed by atoms with E-state index in [0.717, 1.165) is 10.7 Å². The summed E-state index contributed by atoms with van der Waals surface area (Å²) in [6.07, 6.45) is 3.91. The second-order valence-corrected chi connectivity index (χ2v) is 3.31. The molecule has 11 heavy (non-hydrogen) atoms. The van der Waals surface area contributed by atoms with Gasteiger partial charge in [0.2, 0.25) is 0 Å². The average molecular weight is 165 g/mol. The van der Waals surface area contributed by atoms with Gasteiger partial charge in [-0.3, -0.25) is 0 Å². The number of aryl methyl sites for hydroxylation is 1. The van der Waals surface area contributed by atoms with Gasteiger partial charge in [0.15, 0.2) is 5.69 Å². The lowest BCUT2D eigenvalue weighted by Gasteiger charge is -1.80. The highest BCUT2D eigenvalue weighted by Gasteiger charge is 2.12. The van der Waals surface area contributed by atoms with Crippen LogP contribution in [0.2, 0.25) is 0 Å². The van der Waals surface area contributed by atoms with Gasteiger partial charge in [-0.1, -0.05) is 17.9 Å². The lowest BCUT2D eigenvalue weighted by atomic mass is 10.3. The summed E-state index contributed by atoms with van der Waals surface area (Å²) < 4.78 is 2.10. The molecule has 1 N–H and O–H groups in total. The minimum absolute atomic E-state index is 1.15. The number of H-pyrrole nitrogens is 1. The predicted molar refractivity (Wildman–Crippen MR) is 46.7 cm³/mol. The summed E-state index contributed by atoms with van der Waals surface area (Å²) in [6, 6.07) is 0. The maximum Gasteiger partial charge on any atom is 0.344 e. The van der Waals surface area contributed by atoms with Crippen LogP contribution >= 0.6 is 11.3 Å². The summed E-state index contributed by atoms with van der Waals surface area (Å²) in [7, 11) is 0. The van der Waals surface area contributed by atoms with Crippen molar-refractivity contribution >= 4 is 22.4 Å². The molecular formula is C8H9N2S+. The molecule has 2 nitrogen and oxygen atoms in total. The SMILES string of the molecule is C=Cc1c(C)[nH]c2scc[n+]12. The molecule has 0 aliphatic rings. The fourth-order valence-electron chi connectivity index (χ4n) is 1.22. The Bertz CT molecular complexity index is 397. The Hall–Kier alpha value is -1.09. The van der Waals surface area contributed by atoms with Gasteiger partial charge in [0.1, 0.15) is 11.9 Å². The van der Waals surface area contributed by atoms with E-state index in [1.807, 2.05) is 12.3 Å². The third-order valence-electron chi connectivity index (χ3n) is 1.74. The van der Waals surface area contributed by atoms with E-state index in [1.165, 1.54) is 5.69 Å². The van der Waals surface area contributed by atoms with Crippen molar-refractivity contribution in [2.45, 2.75) is 6.92 Å². The van der Waals surface area contributed by atoms with Crippen molar-refractivity contribution in [2.75, 3.05) is 0 Å². The molecule has 0 fully saturated rings. The standard InChI is InChI=1S/C8H8N2S/c1-3-7-6(2)9-8-10(7)4-5-11-8/h3-5H,1H2,2H3/p+1. The molecule has 56 valence electrons. The number of hydrogen-bond donors (Lipinski definition) is 1. The third-order valence-corrected chi connectivity index (χ3v) is 2.52. The van der Waals surface area contributed by atoms with E-state index in [0.29, 0.717) is 0 Å². The Labute approximate surface area is 68.8 Å². The van der Waals surface area contributed by atoms with E-state index in [9.17, 15) is 0 Å². The number of hydrogen-bond acceptors (Lipinski definition) is 1. The Kier molecular flexibility index (Phi) is 1.32. The number of nitrogens with one attached hydrogen (secondary N) is 1. The van der Waals surface area contributed by atoms with Crippen LogP contribution in [0.25, 0.3) is 11.0 Å². The lowest BCUT2D eigenvalue weighted by Crippen LogP contribution is -2.18. The Balaban J connectivity index is 2.90. The predicted octanol–water partition coefficient (Wildman–Crippen LogP) is 1.77. The molecule has 2 rings (SSSR count). The van der Waals surface area contributed by atoms with Gasteiger partial charge in [0.25, 0.3) is 0 Å². The van der Waals surface area contributed by atoms with E-state index in [1.54, 1.807) is 11.3 Å². The van der Waals surface area contributed by atoms with E-state index < -0.39 is 0 Å². The smallest absolute Gasteiger partial charge is 0.231 e. The van der Waals surface area contributed by atoms with Crippen molar-refractivity contribution in [1.29, 1.82) is 0 Å². The van der Waals surface area contributed by atoms with Crippen molar-refractivity contribution in [2.24, 2.45) is 0 Å². The number of aromatic nitrogens is 2. The second-order valence-electron chi connectivity index (χ2n) is 2.42. The molecule has 0 amide bonds. The molecule has 0 unspecified atom stereocenters. The van der Waals surface area contributed by atoms with Crippen LogP contribution in [0.1, 0.15) is 11.4 Å². The number of fused-ring (bicyclic) bond motifs is 1. The maximum absolute atomic E-state index is 3.76. The zero-order chi connectivity index (χ0) is 7.84. The minimum Gasteiger partial charge on any atom is -0.231 e. The van der Waals surface area contributed by atoms with Crippen LogP contribution in [0.4, 0.5) is 0 Å². The first-order valence-corrected chi connectivity index (χ1v) is 4.31. The molecule has 0 bridgehead atoms. The van der Waals surface area contributed by atoms with Crippen LogP contribution in [0, 0.1) is 6.92 Å². The first kappa shape index (κ1) is 6.61. The highest BCUT2D eigenvalue weighted by atomic mass is 32.1. The average Bonchev–Trinajstić information content (AvgIpc) is 2.46. The molecule has 0 aromatic carbocycles. The summed E-state index contributed by atoms with van der Waals surface area (Å²) >= 11 is 1.70. The van der Waals surface area contributed by atoms with Gasteiger partial charge in [-0.25, -0.2) is 4.98 Å². The van der Waals surface area contributed by atoms with Gasteiger partial charge in [0.05, 0.1) is 0 Å². The van der Waals surface area contributed by atoms with Crippen LogP contribution in [0.5, 0.6) is 0 Å². The molecule has 2 aromatic rings. The van der Waals surface area contributed by atoms with Crippen molar-refractivity contribution < 1.29 is 4.40 Å². The molecule has 0 aliphatic heterocycles. The number of imidazole rings is 1. The van der Waals surface area contributed by atoms with Crippen LogP contribution in [0.3, 0.4) is 0 Å². The number of rotatable bonds is 1. The summed E-state index contributed by atoms with van der Waals surface area (Å²) in [5.41, 5.74) is 2.33. The topological polar surface area (TPSA) is 19.9 Å². The van der Waals surface area contributed by atoms with Crippen LogP contribution in [-0.2, 0) is 0 Å². The van der Waals surface area contributed by atoms with E-state index in [2.05, 4.69) is 28.3 Å². The number of nitrogens with zero attached hydrogens (tertiary/aromatic N) is 1. The quantitative estimate of drug-likeness (QED) is 0.621. The molecule has 0 atom stereocenters. The van der Waals surface area contributed by atoms with Gasteiger partial charge in [-0.05, 0) is 6.08 Å². The van der Waals surface area contributed by atoms with Crippen molar-refractivity contribution in [3.63, 3.8) is 0 Å². The molecule has 0 spiro atoms. The van der Waals surface area contributed by atoms with E-state index >= 15 is 0 Å². The first-order chi connectivity index (χ1) is 5.33. The highest BCUT2D eigenvalue weighted by Crippen LogP contribution is 2.09. The van der Waals surface area contributed by atoms with E-state index in [4.69, 9.17) is 0 Å². The Morgan fingerprint density at radius 1 is 1.73 bits per heavy atom. The molecule has 0 aliphatic carbocycles. The zero-order valence-corrected chi connectivity index (χ0v) is 7.11. The monoisotopic (exact) mass is 165 g/mol. The fraction of sp³-hybridized carbons (Fsp3) is 0.125. The fourth-order valence-corrected chi connectivity index (χ4v) is 2.01.